The van der Waals surface area contributed by atoms with E-state index in [1.807, 2.05) is 6.92 Å². The maximum Gasteiger partial charge on any atom is 0.221 e. The second-order valence-corrected chi connectivity index (χ2v) is 7.62. The number of hydrogen-bond donors (Lipinski definition) is 1. The van der Waals surface area contributed by atoms with Gasteiger partial charge in [-0.3, -0.25) is 4.79 Å². The van der Waals surface area contributed by atoms with Crippen LogP contribution in [0.4, 0.5) is 0 Å². The van der Waals surface area contributed by atoms with E-state index in [-0.39, 0.29) is 11.9 Å². The van der Waals surface area contributed by atoms with Gasteiger partial charge in [-0.25, -0.2) is 8.42 Å². The third-order valence-electron chi connectivity index (χ3n) is 3.75. The molecule has 0 aromatic heterocycles. The van der Waals surface area contributed by atoms with Crippen molar-refractivity contribution in [3.63, 3.8) is 0 Å². The number of allylic oxidation sites excluding steroid dienone is 2. The average Bonchev–Trinajstić information content (AvgIpc) is 2.90. The number of amides is 1. The molecular weight excluding hydrogens is 286 g/mol. The maximum atomic E-state index is 12.0. The highest BCUT2D eigenvalue weighted by atomic mass is 32.2. The third kappa shape index (κ3) is 4.43. The molecule has 1 aromatic carbocycles. The summed E-state index contributed by atoms with van der Waals surface area (Å²) < 4.78 is 22.8. The Kier molecular flexibility index (Phi) is 4.83. The first kappa shape index (κ1) is 15.8. The molecule has 1 aliphatic rings. The van der Waals surface area contributed by atoms with Crippen molar-refractivity contribution < 1.29 is 13.2 Å². The predicted molar refractivity (Wildman–Crippen MR) is 82.6 cm³/mol. The molecule has 0 saturated carbocycles. The van der Waals surface area contributed by atoms with Gasteiger partial charge in [0, 0.05) is 12.7 Å². The van der Waals surface area contributed by atoms with Crippen LogP contribution >= 0.6 is 0 Å². The number of nitrogens with one attached hydrogen (secondary N) is 1. The standard InChI is InChI=1S/C16H21NO3S/c1-12(17-16(18)11-13-5-3-4-6-13)14-7-9-15(10-8-14)21(2,19)20/h3,5,7-10,12-13H,4,6,11H2,1-2H3,(H,17,18)/t12-,13+/m1/s1. The largest absolute Gasteiger partial charge is 0.350 e. The molecule has 0 heterocycles. The Morgan fingerprint density at radius 1 is 1.33 bits per heavy atom. The van der Waals surface area contributed by atoms with E-state index in [0.29, 0.717) is 17.2 Å². The van der Waals surface area contributed by atoms with E-state index in [0.717, 1.165) is 18.4 Å². The quantitative estimate of drug-likeness (QED) is 0.851. The summed E-state index contributed by atoms with van der Waals surface area (Å²) in [6.45, 7) is 1.90. The Morgan fingerprint density at radius 3 is 2.52 bits per heavy atom. The molecule has 0 aliphatic heterocycles. The first-order chi connectivity index (χ1) is 9.86. The molecule has 114 valence electrons. The lowest BCUT2D eigenvalue weighted by Crippen LogP contribution is -2.27. The van der Waals surface area contributed by atoms with Gasteiger partial charge in [-0.2, -0.15) is 0 Å². The van der Waals surface area contributed by atoms with Crippen LogP contribution in [-0.2, 0) is 14.6 Å². The predicted octanol–water partition coefficient (Wildman–Crippen LogP) is 2.62. The molecule has 1 N–H and O–H groups in total. The van der Waals surface area contributed by atoms with Crippen molar-refractivity contribution in [3.05, 3.63) is 42.0 Å². The number of sulfone groups is 1. The molecule has 5 heteroatoms. The van der Waals surface area contributed by atoms with E-state index in [4.69, 9.17) is 0 Å². The zero-order valence-corrected chi connectivity index (χ0v) is 13.2. The highest BCUT2D eigenvalue weighted by Crippen LogP contribution is 2.21. The fourth-order valence-corrected chi connectivity index (χ4v) is 3.12. The lowest BCUT2D eigenvalue weighted by atomic mass is 10.0. The van der Waals surface area contributed by atoms with Gasteiger partial charge in [0.15, 0.2) is 9.84 Å². The number of rotatable bonds is 5. The van der Waals surface area contributed by atoms with Crippen molar-refractivity contribution in [2.24, 2.45) is 5.92 Å². The van der Waals surface area contributed by atoms with Crippen LogP contribution in [0.1, 0.15) is 37.8 Å². The van der Waals surface area contributed by atoms with E-state index in [1.54, 1.807) is 24.3 Å². The van der Waals surface area contributed by atoms with Gasteiger partial charge < -0.3 is 5.32 Å². The second-order valence-electron chi connectivity index (χ2n) is 5.60. The van der Waals surface area contributed by atoms with E-state index < -0.39 is 9.84 Å². The Morgan fingerprint density at radius 2 is 2.00 bits per heavy atom. The minimum absolute atomic E-state index is 0.0336. The molecule has 4 nitrogen and oxygen atoms in total. The Labute approximate surface area is 126 Å². The van der Waals surface area contributed by atoms with E-state index in [2.05, 4.69) is 17.5 Å². The molecule has 2 rings (SSSR count). The minimum Gasteiger partial charge on any atom is -0.350 e. The molecule has 2 atom stereocenters. The van der Waals surface area contributed by atoms with Gasteiger partial charge in [0.25, 0.3) is 0 Å². The Balaban J connectivity index is 1.94. The van der Waals surface area contributed by atoms with E-state index in [1.165, 1.54) is 6.26 Å². The van der Waals surface area contributed by atoms with Crippen LogP contribution in [-0.4, -0.2) is 20.6 Å². The molecular formula is C16H21NO3S. The van der Waals surface area contributed by atoms with Gasteiger partial charge in [0.05, 0.1) is 10.9 Å². The summed E-state index contributed by atoms with van der Waals surface area (Å²) in [7, 11) is -3.18. The molecule has 1 amide bonds. The zero-order valence-electron chi connectivity index (χ0n) is 12.4. The number of hydrogen-bond acceptors (Lipinski definition) is 3. The minimum atomic E-state index is -3.18. The van der Waals surface area contributed by atoms with E-state index >= 15 is 0 Å². The van der Waals surface area contributed by atoms with Crippen LogP contribution in [0.5, 0.6) is 0 Å². The highest BCUT2D eigenvalue weighted by molar-refractivity contribution is 7.90. The lowest BCUT2D eigenvalue weighted by Gasteiger charge is -2.16. The van der Waals surface area contributed by atoms with Crippen molar-refractivity contribution in [2.45, 2.75) is 37.1 Å². The number of benzene rings is 1. The molecule has 21 heavy (non-hydrogen) atoms. The SMILES string of the molecule is C[C@@H](NC(=O)C[C@H]1C=CCC1)c1ccc(S(C)(=O)=O)cc1. The van der Waals surface area contributed by atoms with Gasteiger partial charge in [0.1, 0.15) is 0 Å². The normalized spacial score (nSPS) is 19.4. The summed E-state index contributed by atoms with van der Waals surface area (Å²) in [5.41, 5.74) is 0.901. The van der Waals surface area contributed by atoms with Crippen molar-refractivity contribution >= 4 is 15.7 Å². The van der Waals surface area contributed by atoms with Crippen molar-refractivity contribution in [1.29, 1.82) is 0 Å². The summed E-state index contributed by atoms with van der Waals surface area (Å²) >= 11 is 0. The first-order valence-electron chi connectivity index (χ1n) is 7.12. The zero-order chi connectivity index (χ0) is 15.5. The van der Waals surface area contributed by atoms with Crippen molar-refractivity contribution in [3.8, 4) is 0 Å². The van der Waals surface area contributed by atoms with Crippen LogP contribution in [0.15, 0.2) is 41.3 Å². The van der Waals surface area contributed by atoms with Crippen molar-refractivity contribution in [1.82, 2.24) is 5.32 Å². The summed E-state index contributed by atoms with van der Waals surface area (Å²) in [6.07, 6.45) is 8.02. The fraction of sp³-hybridized carbons (Fsp3) is 0.438. The van der Waals surface area contributed by atoms with Crippen LogP contribution in [0.3, 0.4) is 0 Å². The monoisotopic (exact) mass is 307 g/mol. The smallest absolute Gasteiger partial charge is 0.221 e. The summed E-state index contributed by atoms with van der Waals surface area (Å²) in [5.74, 6) is 0.385. The second kappa shape index (κ2) is 6.43. The molecule has 0 unspecified atom stereocenters. The number of carbonyl (C=O) groups excluding carboxylic acids is 1. The van der Waals surface area contributed by atoms with Gasteiger partial charge in [0.2, 0.25) is 5.91 Å². The van der Waals surface area contributed by atoms with Crippen molar-refractivity contribution in [2.75, 3.05) is 6.26 Å². The molecule has 1 aromatic rings. The Bertz CT molecular complexity index is 632. The van der Waals surface area contributed by atoms with Gasteiger partial charge in [-0.05, 0) is 43.4 Å². The van der Waals surface area contributed by atoms with Crippen LogP contribution in [0.25, 0.3) is 0 Å². The average molecular weight is 307 g/mol. The number of carbonyl (C=O) groups is 1. The topological polar surface area (TPSA) is 63.2 Å². The van der Waals surface area contributed by atoms with Crippen LogP contribution < -0.4 is 5.32 Å². The van der Waals surface area contributed by atoms with Gasteiger partial charge in [-0.1, -0.05) is 24.3 Å². The molecule has 0 saturated heterocycles. The summed E-state index contributed by atoms with van der Waals surface area (Å²) in [6, 6.07) is 6.52. The van der Waals surface area contributed by atoms with Crippen LogP contribution in [0, 0.1) is 5.92 Å². The third-order valence-corrected chi connectivity index (χ3v) is 4.87. The first-order valence-corrected chi connectivity index (χ1v) is 9.01. The summed E-state index contributed by atoms with van der Waals surface area (Å²) in [5, 5.41) is 2.96. The van der Waals surface area contributed by atoms with Gasteiger partial charge in [-0.15, -0.1) is 0 Å². The maximum absolute atomic E-state index is 12.0. The lowest BCUT2D eigenvalue weighted by molar-refractivity contribution is -0.122. The van der Waals surface area contributed by atoms with E-state index in [9.17, 15) is 13.2 Å². The Hall–Kier alpha value is -1.62. The van der Waals surface area contributed by atoms with Crippen LogP contribution in [0.2, 0.25) is 0 Å². The fourth-order valence-electron chi connectivity index (χ4n) is 2.49. The highest BCUT2D eigenvalue weighted by Gasteiger charge is 2.16. The van der Waals surface area contributed by atoms with Gasteiger partial charge >= 0.3 is 0 Å². The molecule has 0 fully saturated rings. The molecule has 0 radical (unpaired) electrons. The molecule has 1 aliphatic carbocycles. The summed E-state index contributed by atoms with van der Waals surface area (Å²) in [4.78, 5) is 12.3. The molecule has 0 spiro atoms. The molecule has 0 bridgehead atoms.